The lowest BCUT2D eigenvalue weighted by Gasteiger charge is -2.11. The molecule has 0 aromatic rings. The van der Waals surface area contributed by atoms with Gasteiger partial charge >= 0.3 is 0 Å². The van der Waals surface area contributed by atoms with Gasteiger partial charge in [-0.3, -0.25) is 4.79 Å². The third-order valence-electron chi connectivity index (χ3n) is 1.24. The molecule has 0 unspecified atom stereocenters. The maximum absolute atomic E-state index is 11.0. The van der Waals surface area contributed by atoms with Crippen LogP contribution in [0.3, 0.4) is 0 Å². The maximum Gasteiger partial charge on any atom is 0.278 e. The minimum absolute atomic E-state index is 0.0311. The average Bonchev–Trinajstić information content (AvgIpc) is 1.85. The summed E-state index contributed by atoms with van der Waals surface area (Å²) >= 11 is 0. The van der Waals surface area contributed by atoms with Crippen molar-refractivity contribution in [2.45, 2.75) is 13.3 Å². The molecule has 0 aliphatic rings. The van der Waals surface area contributed by atoms with E-state index >= 15 is 0 Å². The minimum Gasteiger partial charge on any atom is -0.300 e. The SMILES string of the molecule is CC(=O)CCNS(=O)(=O)N(C)C. The Hall–Kier alpha value is -0.460. The Morgan fingerprint density at radius 1 is 1.42 bits per heavy atom. The van der Waals surface area contributed by atoms with Crippen LogP contribution in [0.1, 0.15) is 13.3 Å². The van der Waals surface area contributed by atoms with Crippen LogP contribution in [0.15, 0.2) is 0 Å². The van der Waals surface area contributed by atoms with Gasteiger partial charge in [-0.15, -0.1) is 0 Å². The van der Waals surface area contributed by atoms with Crippen LogP contribution in [-0.4, -0.2) is 39.1 Å². The molecule has 6 heteroatoms. The van der Waals surface area contributed by atoms with Crippen LogP contribution in [0.2, 0.25) is 0 Å². The highest BCUT2D eigenvalue weighted by molar-refractivity contribution is 7.87. The van der Waals surface area contributed by atoms with Crippen LogP contribution in [-0.2, 0) is 15.0 Å². The van der Waals surface area contributed by atoms with Crippen LogP contribution >= 0.6 is 0 Å². The summed E-state index contributed by atoms with van der Waals surface area (Å²) in [6.07, 6.45) is 0.229. The van der Waals surface area contributed by atoms with Gasteiger partial charge in [-0.1, -0.05) is 0 Å². The predicted octanol–water partition coefficient (Wildman–Crippen LogP) is -0.638. The number of carbonyl (C=O) groups is 1. The van der Waals surface area contributed by atoms with Gasteiger partial charge in [-0.25, -0.2) is 4.72 Å². The number of nitrogens with zero attached hydrogens (tertiary/aromatic N) is 1. The molecule has 1 N–H and O–H groups in total. The van der Waals surface area contributed by atoms with E-state index in [0.29, 0.717) is 0 Å². The molecule has 0 aromatic heterocycles. The average molecular weight is 194 g/mol. The van der Waals surface area contributed by atoms with E-state index in [2.05, 4.69) is 4.72 Å². The lowest BCUT2D eigenvalue weighted by Crippen LogP contribution is -2.36. The Morgan fingerprint density at radius 2 is 1.92 bits per heavy atom. The summed E-state index contributed by atoms with van der Waals surface area (Å²) in [7, 11) is -0.509. The van der Waals surface area contributed by atoms with E-state index in [9.17, 15) is 13.2 Å². The zero-order valence-corrected chi connectivity index (χ0v) is 8.31. The predicted molar refractivity (Wildman–Crippen MR) is 45.9 cm³/mol. The van der Waals surface area contributed by atoms with Crippen molar-refractivity contribution in [1.82, 2.24) is 9.03 Å². The lowest BCUT2D eigenvalue weighted by atomic mass is 10.3. The van der Waals surface area contributed by atoms with Crippen LogP contribution in [0, 0.1) is 0 Å². The second-order valence-corrected chi connectivity index (χ2v) is 4.60. The van der Waals surface area contributed by atoms with Crippen molar-refractivity contribution in [3.05, 3.63) is 0 Å². The Kier molecular flexibility index (Phi) is 4.36. The van der Waals surface area contributed by atoms with Crippen LogP contribution in [0.5, 0.6) is 0 Å². The van der Waals surface area contributed by atoms with Gasteiger partial charge in [0, 0.05) is 27.1 Å². The normalized spacial score (nSPS) is 12.0. The van der Waals surface area contributed by atoms with E-state index in [1.807, 2.05) is 0 Å². The van der Waals surface area contributed by atoms with E-state index in [1.54, 1.807) is 0 Å². The summed E-state index contributed by atoms with van der Waals surface area (Å²) in [5.74, 6) is -0.0311. The highest BCUT2D eigenvalue weighted by Gasteiger charge is 2.11. The number of hydrogen-bond donors (Lipinski definition) is 1. The van der Waals surface area contributed by atoms with Gasteiger partial charge in [0.05, 0.1) is 0 Å². The van der Waals surface area contributed by atoms with Gasteiger partial charge in [0.15, 0.2) is 0 Å². The first-order chi connectivity index (χ1) is 5.36. The second kappa shape index (κ2) is 4.54. The molecule has 0 saturated heterocycles. The van der Waals surface area contributed by atoms with E-state index in [-0.39, 0.29) is 18.7 Å². The Morgan fingerprint density at radius 3 is 2.25 bits per heavy atom. The first-order valence-electron chi connectivity index (χ1n) is 3.53. The molecule has 0 aliphatic heterocycles. The molecule has 0 rings (SSSR count). The molecule has 0 bridgehead atoms. The molecular formula is C6H14N2O3S. The van der Waals surface area contributed by atoms with Gasteiger partial charge in [0.25, 0.3) is 10.2 Å². The summed E-state index contributed by atoms with van der Waals surface area (Å²) in [6, 6.07) is 0. The van der Waals surface area contributed by atoms with Gasteiger partial charge in [0.1, 0.15) is 5.78 Å². The molecule has 72 valence electrons. The fourth-order valence-corrected chi connectivity index (χ4v) is 1.10. The summed E-state index contributed by atoms with van der Waals surface area (Å²) in [6.45, 7) is 1.58. The zero-order valence-electron chi connectivity index (χ0n) is 7.49. The molecule has 0 saturated carbocycles. The molecular weight excluding hydrogens is 180 g/mol. The Balaban J connectivity index is 3.86. The van der Waals surface area contributed by atoms with Gasteiger partial charge in [-0.2, -0.15) is 12.7 Å². The molecule has 0 radical (unpaired) electrons. The number of Topliss-reactive ketones (excluding diaryl/α,β-unsaturated/α-hetero) is 1. The zero-order chi connectivity index (χ0) is 9.78. The molecule has 0 spiro atoms. The van der Waals surface area contributed by atoms with Crippen molar-refractivity contribution in [3.8, 4) is 0 Å². The fraction of sp³-hybridized carbons (Fsp3) is 0.833. The van der Waals surface area contributed by atoms with Gasteiger partial charge in [-0.05, 0) is 6.92 Å². The van der Waals surface area contributed by atoms with Crippen molar-refractivity contribution >= 4 is 16.0 Å². The third-order valence-corrected chi connectivity index (χ3v) is 2.77. The number of hydrogen-bond acceptors (Lipinski definition) is 3. The van der Waals surface area contributed by atoms with E-state index < -0.39 is 10.2 Å². The minimum atomic E-state index is -3.36. The highest BCUT2D eigenvalue weighted by atomic mass is 32.2. The van der Waals surface area contributed by atoms with E-state index in [4.69, 9.17) is 0 Å². The van der Waals surface area contributed by atoms with Gasteiger partial charge < -0.3 is 0 Å². The summed E-state index contributed by atoms with van der Waals surface area (Å²) in [4.78, 5) is 10.5. The first-order valence-corrected chi connectivity index (χ1v) is 4.97. The van der Waals surface area contributed by atoms with Crippen molar-refractivity contribution < 1.29 is 13.2 Å². The molecule has 0 heterocycles. The molecule has 0 fully saturated rings. The molecule has 0 amide bonds. The monoisotopic (exact) mass is 194 g/mol. The highest BCUT2D eigenvalue weighted by Crippen LogP contribution is 1.88. The summed E-state index contributed by atoms with van der Waals surface area (Å²) < 4.78 is 25.4. The van der Waals surface area contributed by atoms with E-state index in [1.165, 1.54) is 21.0 Å². The quantitative estimate of drug-likeness (QED) is 0.633. The largest absolute Gasteiger partial charge is 0.300 e. The molecule has 0 aromatic carbocycles. The maximum atomic E-state index is 11.0. The van der Waals surface area contributed by atoms with Crippen molar-refractivity contribution in [2.24, 2.45) is 0 Å². The second-order valence-electron chi connectivity index (χ2n) is 2.63. The molecule has 0 atom stereocenters. The molecule has 12 heavy (non-hydrogen) atoms. The number of carbonyl (C=O) groups excluding carboxylic acids is 1. The van der Waals surface area contributed by atoms with E-state index in [0.717, 1.165) is 4.31 Å². The van der Waals surface area contributed by atoms with Gasteiger partial charge in [0.2, 0.25) is 0 Å². The van der Waals surface area contributed by atoms with Crippen LogP contribution in [0.25, 0.3) is 0 Å². The third kappa shape index (κ3) is 4.42. The summed E-state index contributed by atoms with van der Waals surface area (Å²) in [5, 5.41) is 0. The van der Waals surface area contributed by atoms with Crippen molar-refractivity contribution in [1.29, 1.82) is 0 Å². The Bertz CT molecular complexity index is 246. The standard InChI is InChI=1S/C6H14N2O3S/c1-6(9)4-5-7-12(10,11)8(2)3/h7H,4-5H2,1-3H3. The smallest absolute Gasteiger partial charge is 0.278 e. The summed E-state index contributed by atoms with van der Waals surface area (Å²) in [5.41, 5.74) is 0. The molecule has 5 nitrogen and oxygen atoms in total. The number of rotatable bonds is 5. The topological polar surface area (TPSA) is 66.5 Å². The number of nitrogens with one attached hydrogen (secondary N) is 1. The lowest BCUT2D eigenvalue weighted by molar-refractivity contribution is -0.116. The van der Waals surface area contributed by atoms with Crippen LogP contribution in [0.4, 0.5) is 0 Å². The van der Waals surface area contributed by atoms with Crippen molar-refractivity contribution in [3.63, 3.8) is 0 Å². The van der Waals surface area contributed by atoms with Crippen molar-refractivity contribution in [2.75, 3.05) is 20.6 Å². The molecule has 0 aliphatic carbocycles. The Labute approximate surface area is 72.9 Å². The van der Waals surface area contributed by atoms with Crippen LogP contribution < -0.4 is 4.72 Å². The number of ketones is 1. The first kappa shape index (κ1) is 11.5. The fourth-order valence-electron chi connectivity index (χ4n) is 0.485.